The predicted molar refractivity (Wildman–Crippen MR) is 76.5 cm³/mol. The molecular formula is C13H13N5OS. The van der Waals surface area contributed by atoms with Gasteiger partial charge in [0.1, 0.15) is 11.3 Å². The van der Waals surface area contributed by atoms with E-state index in [0.717, 1.165) is 21.1 Å². The van der Waals surface area contributed by atoms with Crippen molar-refractivity contribution in [2.75, 3.05) is 14.1 Å². The zero-order valence-electron chi connectivity index (χ0n) is 11.1. The highest BCUT2D eigenvalue weighted by atomic mass is 32.1. The number of fused-ring (bicyclic) bond motifs is 1. The smallest absolute Gasteiger partial charge is 0.234 e. The van der Waals surface area contributed by atoms with E-state index >= 15 is 0 Å². The van der Waals surface area contributed by atoms with Gasteiger partial charge in [0.15, 0.2) is 0 Å². The normalized spacial score (nSPS) is 10.9. The van der Waals surface area contributed by atoms with Crippen LogP contribution in [0.15, 0.2) is 30.6 Å². The molecule has 0 saturated carbocycles. The molecular weight excluding hydrogens is 274 g/mol. The van der Waals surface area contributed by atoms with Crippen LogP contribution >= 0.6 is 11.3 Å². The summed E-state index contributed by atoms with van der Waals surface area (Å²) in [7, 11) is 3.52. The molecule has 0 spiro atoms. The van der Waals surface area contributed by atoms with Gasteiger partial charge in [-0.05, 0) is 11.6 Å². The fraction of sp³-hybridized carbons (Fsp3) is 0.231. The summed E-state index contributed by atoms with van der Waals surface area (Å²) in [5, 5.41) is 13.0. The fourth-order valence-electron chi connectivity index (χ4n) is 1.82. The lowest BCUT2D eigenvalue weighted by Crippen LogP contribution is -2.23. The van der Waals surface area contributed by atoms with Gasteiger partial charge in [-0.1, -0.05) is 29.5 Å². The molecule has 0 bridgehead atoms. The van der Waals surface area contributed by atoms with Crippen molar-refractivity contribution in [1.82, 2.24) is 24.7 Å². The number of likely N-dealkylation sites (N-methyl/N-ethyl adjacent to an activating group) is 1. The van der Waals surface area contributed by atoms with Crippen LogP contribution in [0.25, 0.3) is 15.5 Å². The predicted octanol–water partition coefficient (Wildman–Crippen LogP) is 1.48. The Morgan fingerprint density at radius 2 is 2.25 bits per heavy atom. The Morgan fingerprint density at radius 3 is 3.00 bits per heavy atom. The van der Waals surface area contributed by atoms with Crippen LogP contribution in [-0.2, 0) is 11.2 Å². The van der Waals surface area contributed by atoms with Crippen LogP contribution in [0.2, 0.25) is 0 Å². The second kappa shape index (κ2) is 5.01. The van der Waals surface area contributed by atoms with Crippen molar-refractivity contribution in [2.24, 2.45) is 0 Å². The van der Waals surface area contributed by atoms with Crippen LogP contribution in [-0.4, -0.2) is 44.7 Å². The maximum atomic E-state index is 11.8. The maximum absolute atomic E-state index is 11.8. The number of carbonyl (C=O) groups is 1. The average molecular weight is 287 g/mol. The van der Waals surface area contributed by atoms with Crippen molar-refractivity contribution >= 4 is 22.2 Å². The molecule has 1 aromatic carbocycles. The van der Waals surface area contributed by atoms with Gasteiger partial charge in [-0.25, -0.2) is 0 Å². The zero-order chi connectivity index (χ0) is 14.1. The lowest BCUT2D eigenvalue weighted by molar-refractivity contribution is -0.127. The zero-order valence-corrected chi connectivity index (χ0v) is 12.0. The van der Waals surface area contributed by atoms with E-state index < -0.39 is 0 Å². The van der Waals surface area contributed by atoms with Crippen LogP contribution in [0.3, 0.4) is 0 Å². The van der Waals surface area contributed by atoms with E-state index in [2.05, 4.69) is 15.3 Å². The first-order valence-corrected chi connectivity index (χ1v) is 6.91. The lowest BCUT2D eigenvalue weighted by atomic mass is 10.1. The summed E-state index contributed by atoms with van der Waals surface area (Å²) in [6.45, 7) is 0. The Balaban J connectivity index is 1.90. The maximum Gasteiger partial charge on any atom is 0.234 e. The Kier molecular flexibility index (Phi) is 3.19. The third-order valence-electron chi connectivity index (χ3n) is 2.91. The Morgan fingerprint density at radius 1 is 1.40 bits per heavy atom. The van der Waals surface area contributed by atoms with Crippen molar-refractivity contribution in [3.63, 3.8) is 0 Å². The molecule has 0 unspecified atom stereocenters. The summed E-state index contributed by atoms with van der Waals surface area (Å²) in [5.41, 5.74) is 1.97. The molecule has 20 heavy (non-hydrogen) atoms. The first kappa shape index (κ1) is 12.7. The number of rotatable bonds is 3. The van der Waals surface area contributed by atoms with Crippen molar-refractivity contribution in [3.8, 4) is 10.6 Å². The molecule has 0 aliphatic carbocycles. The molecule has 0 atom stereocenters. The number of benzene rings is 1. The highest BCUT2D eigenvalue weighted by Gasteiger charge is 2.10. The summed E-state index contributed by atoms with van der Waals surface area (Å²) < 4.78 is 1.65. The molecule has 6 nitrogen and oxygen atoms in total. The van der Waals surface area contributed by atoms with Crippen LogP contribution in [0, 0.1) is 0 Å². The summed E-state index contributed by atoms with van der Waals surface area (Å²) in [5.74, 6) is 0.0836. The van der Waals surface area contributed by atoms with E-state index in [0.29, 0.717) is 6.42 Å². The molecule has 0 radical (unpaired) electrons. The largest absolute Gasteiger partial charge is 0.349 e. The van der Waals surface area contributed by atoms with Gasteiger partial charge in [-0.2, -0.15) is 9.61 Å². The molecule has 2 heterocycles. The first-order valence-electron chi connectivity index (χ1n) is 6.10. The van der Waals surface area contributed by atoms with E-state index in [1.807, 2.05) is 24.3 Å². The van der Waals surface area contributed by atoms with E-state index in [9.17, 15) is 4.79 Å². The summed E-state index contributed by atoms with van der Waals surface area (Å²) in [6.07, 6.45) is 1.97. The molecule has 0 fully saturated rings. The van der Waals surface area contributed by atoms with Crippen molar-refractivity contribution in [1.29, 1.82) is 0 Å². The van der Waals surface area contributed by atoms with Crippen LogP contribution in [0.4, 0.5) is 0 Å². The van der Waals surface area contributed by atoms with Crippen molar-refractivity contribution < 1.29 is 4.79 Å². The Hall–Kier alpha value is -2.28. The summed E-state index contributed by atoms with van der Waals surface area (Å²) in [4.78, 5) is 14.1. The molecule has 0 aliphatic rings. The molecule has 7 heteroatoms. The standard InChI is InChI=1S/C13H13N5OS/c1-17(2)11(19)7-9-4-3-5-10(6-9)12-16-18-8-14-15-13(18)20-12/h3-6,8H,7H2,1-2H3. The van der Waals surface area contributed by atoms with Gasteiger partial charge < -0.3 is 4.90 Å². The monoisotopic (exact) mass is 287 g/mol. The highest BCUT2D eigenvalue weighted by Crippen LogP contribution is 2.25. The topological polar surface area (TPSA) is 63.4 Å². The quantitative estimate of drug-likeness (QED) is 0.732. The number of carbonyl (C=O) groups excluding carboxylic acids is 1. The van der Waals surface area contributed by atoms with Crippen molar-refractivity contribution in [2.45, 2.75) is 6.42 Å². The van der Waals surface area contributed by atoms with Gasteiger partial charge in [-0.15, -0.1) is 10.2 Å². The molecule has 0 saturated heterocycles. The van der Waals surface area contributed by atoms with E-state index in [4.69, 9.17) is 0 Å². The minimum Gasteiger partial charge on any atom is -0.349 e. The van der Waals surface area contributed by atoms with Crippen LogP contribution < -0.4 is 0 Å². The second-order valence-electron chi connectivity index (χ2n) is 4.63. The SMILES string of the molecule is CN(C)C(=O)Cc1cccc(-c2nn3cnnc3s2)c1. The van der Waals surface area contributed by atoms with Gasteiger partial charge >= 0.3 is 0 Å². The Bertz CT molecular complexity index is 732. The highest BCUT2D eigenvalue weighted by molar-refractivity contribution is 7.19. The average Bonchev–Trinajstić information content (AvgIpc) is 2.99. The van der Waals surface area contributed by atoms with Gasteiger partial charge in [-0.3, -0.25) is 4.79 Å². The van der Waals surface area contributed by atoms with E-state index in [-0.39, 0.29) is 5.91 Å². The van der Waals surface area contributed by atoms with Crippen molar-refractivity contribution in [3.05, 3.63) is 36.2 Å². The van der Waals surface area contributed by atoms with Crippen LogP contribution in [0.1, 0.15) is 5.56 Å². The number of amides is 1. The Labute approximate surface area is 119 Å². The third-order valence-corrected chi connectivity index (χ3v) is 3.88. The molecule has 2 aromatic heterocycles. The summed E-state index contributed by atoms with van der Waals surface area (Å²) >= 11 is 1.47. The van der Waals surface area contributed by atoms with Gasteiger partial charge in [0, 0.05) is 19.7 Å². The molecule has 3 aromatic rings. The minimum absolute atomic E-state index is 0.0836. The van der Waals surface area contributed by atoms with Gasteiger partial charge in [0.2, 0.25) is 10.9 Å². The molecule has 102 valence electrons. The van der Waals surface area contributed by atoms with E-state index in [1.54, 1.807) is 29.8 Å². The number of hydrogen-bond donors (Lipinski definition) is 0. The van der Waals surface area contributed by atoms with Crippen LogP contribution in [0.5, 0.6) is 0 Å². The molecule has 1 amide bonds. The summed E-state index contributed by atoms with van der Waals surface area (Å²) in [6, 6.07) is 7.86. The minimum atomic E-state index is 0.0836. The third kappa shape index (κ3) is 2.39. The first-order chi connectivity index (χ1) is 9.63. The second-order valence-corrected chi connectivity index (χ2v) is 5.59. The number of aromatic nitrogens is 4. The van der Waals surface area contributed by atoms with Gasteiger partial charge in [0.25, 0.3) is 0 Å². The van der Waals surface area contributed by atoms with Gasteiger partial charge in [0.05, 0.1) is 6.42 Å². The lowest BCUT2D eigenvalue weighted by Gasteiger charge is -2.10. The molecule has 0 N–H and O–H groups in total. The van der Waals surface area contributed by atoms with E-state index in [1.165, 1.54) is 11.3 Å². The molecule has 3 rings (SSSR count). The number of hydrogen-bond acceptors (Lipinski definition) is 5. The molecule has 0 aliphatic heterocycles. The number of nitrogens with zero attached hydrogens (tertiary/aromatic N) is 5. The fourth-order valence-corrected chi connectivity index (χ4v) is 2.64.